The summed E-state index contributed by atoms with van der Waals surface area (Å²) in [4.78, 5) is 5.63. The molecule has 0 aromatic carbocycles. The Morgan fingerprint density at radius 2 is 1.80 bits per heavy atom. The molecule has 0 aliphatic carbocycles. The van der Waals surface area contributed by atoms with Gasteiger partial charge >= 0.3 is 0 Å². The molecule has 0 fully saturated rings. The molecular weight excluding hydrogens is 186 g/mol. The molecule has 0 rings (SSSR count). The van der Waals surface area contributed by atoms with Crippen molar-refractivity contribution in [1.82, 2.24) is 5.06 Å². The van der Waals surface area contributed by atoms with E-state index in [0.29, 0.717) is 0 Å². The molecule has 0 aliphatic rings. The highest BCUT2D eigenvalue weighted by Gasteiger charge is 2.11. The first-order valence-corrected chi connectivity index (χ1v) is 6.66. The Bertz CT molecular complexity index is 122. The normalized spacial score (nSPS) is 13.4. The molecule has 2 heteroatoms. The maximum atomic E-state index is 5.63. The van der Waals surface area contributed by atoms with Crippen LogP contribution in [0.25, 0.3) is 0 Å². The Morgan fingerprint density at radius 1 is 1.07 bits per heavy atom. The van der Waals surface area contributed by atoms with E-state index in [2.05, 4.69) is 32.8 Å². The summed E-state index contributed by atoms with van der Waals surface area (Å²) in [5.41, 5.74) is 0. The smallest absolute Gasteiger partial charge is 0.0656 e. The molecule has 0 aliphatic heterocycles. The molecule has 1 atom stereocenters. The Morgan fingerprint density at radius 3 is 2.27 bits per heavy atom. The van der Waals surface area contributed by atoms with Gasteiger partial charge in [-0.2, -0.15) is 5.06 Å². The van der Waals surface area contributed by atoms with Crippen molar-refractivity contribution in [1.29, 1.82) is 0 Å². The Labute approximate surface area is 95.9 Å². The summed E-state index contributed by atoms with van der Waals surface area (Å²) >= 11 is 0. The molecule has 1 unspecified atom stereocenters. The van der Waals surface area contributed by atoms with Crippen molar-refractivity contribution in [3.05, 3.63) is 0 Å². The van der Waals surface area contributed by atoms with Gasteiger partial charge in [-0.1, -0.05) is 40.0 Å². The summed E-state index contributed by atoms with van der Waals surface area (Å²) in [6, 6.07) is 0. The first-order valence-electron chi connectivity index (χ1n) is 6.66. The summed E-state index contributed by atoms with van der Waals surface area (Å²) in [5.74, 6) is 0.808. The summed E-state index contributed by atoms with van der Waals surface area (Å²) < 4.78 is 0. The lowest BCUT2D eigenvalue weighted by molar-refractivity contribution is -0.162. The van der Waals surface area contributed by atoms with Crippen molar-refractivity contribution < 1.29 is 4.84 Å². The van der Waals surface area contributed by atoms with Gasteiger partial charge in [0, 0.05) is 13.1 Å². The molecule has 92 valence electrons. The Hall–Kier alpha value is -0.0800. The number of rotatable bonds is 10. The van der Waals surface area contributed by atoms with Gasteiger partial charge in [0.15, 0.2) is 0 Å². The number of hydrogen-bond donors (Lipinski definition) is 0. The van der Waals surface area contributed by atoms with Gasteiger partial charge in [0.1, 0.15) is 0 Å². The van der Waals surface area contributed by atoms with E-state index in [1.165, 1.54) is 32.1 Å². The van der Waals surface area contributed by atoms with Crippen LogP contribution in [0, 0.1) is 5.92 Å². The molecule has 0 aromatic rings. The van der Waals surface area contributed by atoms with Crippen molar-refractivity contribution in [3.8, 4) is 0 Å². The second-order valence-electron chi connectivity index (χ2n) is 4.22. The van der Waals surface area contributed by atoms with E-state index >= 15 is 0 Å². The third-order valence-corrected chi connectivity index (χ3v) is 2.79. The molecule has 0 aromatic heterocycles. The van der Waals surface area contributed by atoms with Crippen molar-refractivity contribution >= 4 is 0 Å². The topological polar surface area (TPSA) is 12.5 Å². The Balaban J connectivity index is 3.85. The molecule has 0 radical (unpaired) electrons. The molecule has 0 saturated carbocycles. The monoisotopic (exact) mass is 215 g/mol. The minimum atomic E-state index is 0.796. The molecule has 0 heterocycles. The standard InChI is InChI=1S/C13H29NO/c1-5-9-10-13(7-3)12-14(11-6-2)15-8-4/h13H,5-12H2,1-4H3. The van der Waals surface area contributed by atoms with Crippen molar-refractivity contribution in [2.45, 2.75) is 59.8 Å². The lowest BCUT2D eigenvalue weighted by Crippen LogP contribution is -2.30. The zero-order valence-corrected chi connectivity index (χ0v) is 11.1. The van der Waals surface area contributed by atoms with Gasteiger partial charge in [-0.15, -0.1) is 0 Å². The molecule has 0 saturated heterocycles. The highest BCUT2D eigenvalue weighted by Crippen LogP contribution is 2.14. The fourth-order valence-electron chi connectivity index (χ4n) is 1.85. The summed E-state index contributed by atoms with van der Waals surface area (Å²) in [6.45, 7) is 11.8. The maximum absolute atomic E-state index is 5.63. The number of hydroxylamine groups is 2. The van der Waals surface area contributed by atoms with E-state index < -0.39 is 0 Å². The summed E-state index contributed by atoms with van der Waals surface area (Å²) in [5, 5.41) is 2.16. The van der Waals surface area contributed by atoms with Crippen molar-refractivity contribution in [2.24, 2.45) is 5.92 Å². The van der Waals surface area contributed by atoms with E-state index in [1.807, 2.05) is 0 Å². The van der Waals surface area contributed by atoms with Crippen LogP contribution in [0.5, 0.6) is 0 Å². The van der Waals surface area contributed by atoms with E-state index in [-0.39, 0.29) is 0 Å². The molecule has 2 nitrogen and oxygen atoms in total. The summed E-state index contributed by atoms with van der Waals surface area (Å²) in [6.07, 6.45) is 6.45. The van der Waals surface area contributed by atoms with Crippen LogP contribution in [0.2, 0.25) is 0 Å². The first-order chi connectivity index (χ1) is 7.28. The molecule has 0 spiro atoms. The van der Waals surface area contributed by atoms with Crippen LogP contribution in [0.15, 0.2) is 0 Å². The zero-order valence-electron chi connectivity index (χ0n) is 11.1. The fourth-order valence-corrected chi connectivity index (χ4v) is 1.85. The lowest BCUT2D eigenvalue weighted by atomic mass is 9.99. The van der Waals surface area contributed by atoms with Gasteiger partial charge in [0.2, 0.25) is 0 Å². The summed E-state index contributed by atoms with van der Waals surface area (Å²) in [7, 11) is 0. The van der Waals surface area contributed by atoms with Gasteiger partial charge in [0.05, 0.1) is 6.61 Å². The van der Waals surface area contributed by atoms with E-state index in [4.69, 9.17) is 4.84 Å². The van der Waals surface area contributed by atoms with Gasteiger partial charge in [-0.25, -0.2) is 0 Å². The predicted molar refractivity (Wildman–Crippen MR) is 66.8 cm³/mol. The van der Waals surface area contributed by atoms with Gasteiger partial charge in [0.25, 0.3) is 0 Å². The third-order valence-electron chi connectivity index (χ3n) is 2.79. The molecular formula is C13H29NO. The van der Waals surface area contributed by atoms with Crippen molar-refractivity contribution in [2.75, 3.05) is 19.7 Å². The van der Waals surface area contributed by atoms with E-state index in [0.717, 1.165) is 25.6 Å². The molecule has 0 amide bonds. The lowest BCUT2D eigenvalue weighted by Gasteiger charge is -2.25. The highest BCUT2D eigenvalue weighted by molar-refractivity contribution is 4.60. The Kier molecular flexibility index (Phi) is 10.4. The number of hydrogen-bond acceptors (Lipinski definition) is 2. The van der Waals surface area contributed by atoms with Gasteiger partial charge < -0.3 is 0 Å². The molecule has 0 N–H and O–H groups in total. The van der Waals surface area contributed by atoms with Crippen LogP contribution in [-0.2, 0) is 4.84 Å². The number of unbranched alkanes of at least 4 members (excludes halogenated alkanes) is 1. The highest BCUT2D eigenvalue weighted by atomic mass is 16.7. The minimum Gasteiger partial charge on any atom is -0.299 e. The van der Waals surface area contributed by atoms with Gasteiger partial charge in [-0.05, 0) is 25.7 Å². The van der Waals surface area contributed by atoms with E-state index in [9.17, 15) is 0 Å². The molecule has 0 bridgehead atoms. The van der Waals surface area contributed by atoms with E-state index in [1.54, 1.807) is 0 Å². The number of nitrogens with zero attached hydrogens (tertiary/aromatic N) is 1. The van der Waals surface area contributed by atoms with Crippen LogP contribution in [0.4, 0.5) is 0 Å². The minimum absolute atomic E-state index is 0.796. The average molecular weight is 215 g/mol. The van der Waals surface area contributed by atoms with Crippen LogP contribution in [0.3, 0.4) is 0 Å². The zero-order chi connectivity index (χ0) is 11.5. The third kappa shape index (κ3) is 7.80. The van der Waals surface area contributed by atoms with Gasteiger partial charge in [-0.3, -0.25) is 4.84 Å². The largest absolute Gasteiger partial charge is 0.299 e. The second-order valence-corrected chi connectivity index (χ2v) is 4.22. The molecule has 15 heavy (non-hydrogen) atoms. The predicted octanol–water partition coefficient (Wildman–Crippen LogP) is 3.87. The van der Waals surface area contributed by atoms with Crippen LogP contribution >= 0.6 is 0 Å². The quantitative estimate of drug-likeness (QED) is 0.513. The SMILES string of the molecule is CCCCC(CC)CN(CCC)OCC. The van der Waals surface area contributed by atoms with Crippen LogP contribution in [-0.4, -0.2) is 24.8 Å². The van der Waals surface area contributed by atoms with Crippen molar-refractivity contribution in [3.63, 3.8) is 0 Å². The average Bonchev–Trinajstić information content (AvgIpc) is 2.24. The van der Waals surface area contributed by atoms with Crippen LogP contribution < -0.4 is 0 Å². The maximum Gasteiger partial charge on any atom is 0.0656 e. The second kappa shape index (κ2) is 10.4. The van der Waals surface area contributed by atoms with Crippen LogP contribution in [0.1, 0.15) is 59.8 Å². The fraction of sp³-hybridized carbons (Fsp3) is 1.00. The first kappa shape index (κ1) is 14.9.